The van der Waals surface area contributed by atoms with Crippen LogP contribution in [-0.4, -0.2) is 33.7 Å². The van der Waals surface area contributed by atoms with E-state index in [0.29, 0.717) is 24.2 Å². The second-order valence-electron chi connectivity index (χ2n) is 6.63. The molecule has 2 aromatic rings. The highest BCUT2D eigenvalue weighted by Crippen LogP contribution is 2.26. The molecule has 2 atom stereocenters. The molecule has 0 aromatic heterocycles. The first kappa shape index (κ1) is 23.9. The Morgan fingerprint density at radius 2 is 1.79 bits per heavy atom. The summed E-state index contributed by atoms with van der Waals surface area (Å²) in [5.41, 5.74) is 7.25. The fraction of sp³-hybridized carbons (Fsp3) is 0.350. The highest BCUT2D eigenvalue weighted by molar-refractivity contribution is 7.90. The Kier molecular flexibility index (Phi) is 8.94. The van der Waals surface area contributed by atoms with Gasteiger partial charge in [-0.1, -0.05) is 24.3 Å². The largest absolute Gasteiger partial charge is 0.497 e. The molecule has 8 heteroatoms. The molecule has 0 heterocycles. The maximum absolute atomic E-state index is 12.4. The first-order chi connectivity index (χ1) is 12.7. The van der Waals surface area contributed by atoms with Crippen molar-refractivity contribution in [1.82, 2.24) is 5.32 Å². The van der Waals surface area contributed by atoms with E-state index in [2.05, 4.69) is 5.32 Å². The summed E-state index contributed by atoms with van der Waals surface area (Å²) in [6, 6.07) is 13.4. The van der Waals surface area contributed by atoms with E-state index in [-0.39, 0.29) is 29.3 Å². The van der Waals surface area contributed by atoms with Gasteiger partial charge in [0.05, 0.1) is 18.0 Å². The number of carbonyl (C=O) groups is 1. The van der Waals surface area contributed by atoms with E-state index in [9.17, 15) is 13.2 Å². The van der Waals surface area contributed by atoms with Crippen molar-refractivity contribution in [1.29, 1.82) is 0 Å². The molecule has 0 aliphatic heterocycles. The topological polar surface area (TPSA) is 98.5 Å². The van der Waals surface area contributed by atoms with Crippen LogP contribution in [-0.2, 0) is 14.6 Å². The zero-order valence-electron chi connectivity index (χ0n) is 16.2. The molecule has 0 fully saturated rings. The lowest BCUT2D eigenvalue weighted by molar-refractivity contribution is -0.121. The Bertz CT molecular complexity index is 883. The van der Waals surface area contributed by atoms with Crippen LogP contribution in [0.15, 0.2) is 53.4 Å². The standard InChI is InChI=1S/C20H26N2O4S.ClH/c1-14(21)7-12-19(23)22-20(15-8-10-17(26-2)11-9-15)16-5-4-6-18(13-16)27(3,24)25;/h4-6,8-11,13-14,20H,7,12,21H2,1-3H3,(H,22,23);1H. The van der Waals surface area contributed by atoms with Crippen LogP contribution in [0.4, 0.5) is 0 Å². The molecule has 28 heavy (non-hydrogen) atoms. The molecule has 6 nitrogen and oxygen atoms in total. The number of methoxy groups -OCH3 is 1. The van der Waals surface area contributed by atoms with Crippen molar-refractivity contribution in [3.05, 3.63) is 59.7 Å². The van der Waals surface area contributed by atoms with Crippen molar-refractivity contribution in [3.8, 4) is 5.75 Å². The van der Waals surface area contributed by atoms with Crippen LogP contribution in [0.5, 0.6) is 5.75 Å². The molecular formula is C20H27ClN2O4S. The molecule has 0 radical (unpaired) electrons. The summed E-state index contributed by atoms with van der Waals surface area (Å²) in [6.45, 7) is 1.85. The molecule has 2 unspecified atom stereocenters. The molecule has 2 rings (SSSR count). The fourth-order valence-electron chi connectivity index (χ4n) is 2.67. The third-order valence-electron chi connectivity index (χ3n) is 4.20. The quantitative estimate of drug-likeness (QED) is 0.676. The number of amides is 1. The number of ether oxygens (including phenoxy) is 1. The average molecular weight is 427 g/mol. The first-order valence-electron chi connectivity index (χ1n) is 8.69. The van der Waals surface area contributed by atoms with Crippen molar-refractivity contribution in [2.45, 2.75) is 36.7 Å². The smallest absolute Gasteiger partial charge is 0.220 e. The van der Waals surface area contributed by atoms with E-state index in [0.717, 1.165) is 11.8 Å². The summed E-state index contributed by atoms with van der Waals surface area (Å²) in [7, 11) is -1.77. The molecule has 1 amide bonds. The van der Waals surface area contributed by atoms with Gasteiger partial charge in [-0.05, 0) is 48.7 Å². The third kappa shape index (κ3) is 6.82. The second-order valence-corrected chi connectivity index (χ2v) is 8.65. The lowest BCUT2D eigenvalue weighted by Crippen LogP contribution is -2.30. The molecule has 0 bridgehead atoms. The minimum Gasteiger partial charge on any atom is -0.497 e. The van der Waals surface area contributed by atoms with Gasteiger partial charge in [0.15, 0.2) is 9.84 Å². The van der Waals surface area contributed by atoms with Crippen LogP contribution < -0.4 is 15.8 Å². The van der Waals surface area contributed by atoms with E-state index in [4.69, 9.17) is 10.5 Å². The van der Waals surface area contributed by atoms with E-state index in [1.807, 2.05) is 19.1 Å². The lowest BCUT2D eigenvalue weighted by atomic mass is 9.98. The maximum Gasteiger partial charge on any atom is 0.220 e. The maximum atomic E-state index is 12.4. The number of halogens is 1. The van der Waals surface area contributed by atoms with Crippen LogP contribution in [0.3, 0.4) is 0 Å². The third-order valence-corrected chi connectivity index (χ3v) is 5.31. The van der Waals surface area contributed by atoms with Gasteiger partial charge in [0.1, 0.15) is 5.75 Å². The van der Waals surface area contributed by atoms with Gasteiger partial charge in [0.2, 0.25) is 5.91 Å². The first-order valence-corrected chi connectivity index (χ1v) is 10.6. The molecule has 0 saturated carbocycles. The van der Waals surface area contributed by atoms with Gasteiger partial charge in [0.25, 0.3) is 0 Å². The van der Waals surface area contributed by atoms with Gasteiger partial charge in [-0.2, -0.15) is 0 Å². The Balaban J connectivity index is 0.00000392. The molecule has 3 N–H and O–H groups in total. The van der Waals surface area contributed by atoms with Crippen molar-refractivity contribution < 1.29 is 17.9 Å². The number of hydrogen-bond donors (Lipinski definition) is 2. The number of carbonyl (C=O) groups excluding carboxylic acids is 1. The molecule has 2 aromatic carbocycles. The van der Waals surface area contributed by atoms with Crippen molar-refractivity contribution in [3.63, 3.8) is 0 Å². The summed E-state index contributed by atoms with van der Waals surface area (Å²) in [6.07, 6.45) is 2.04. The van der Waals surface area contributed by atoms with Crippen LogP contribution in [0, 0.1) is 0 Å². The zero-order chi connectivity index (χ0) is 20.0. The predicted molar refractivity (Wildman–Crippen MR) is 113 cm³/mol. The SMILES string of the molecule is COc1ccc(C(NC(=O)CCC(C)N)c2cccc(S(C)(=O)=O)c2)cc1.Cl. The number of sulfone groups is 1. The number of benzene rings is 2. The van der Waals surface area contributed by atoms with Crippen molar-refractivity contribution in [2.75, 3.05) is 13.4 Å². The second kappa shape index (κ2) is 10.5. The van der Waals surface area contributed by atoms with Crippen LogP contribution in [0.1, 0.15) is 36.9 Å². The normalized spacial score (nSPS) is 13.1. The van der Waals surface area contributed by atoms with Gasteiger partial charge < -0.3 is 15.8 Å². The molecular weight excluding hydrogens is 400 g/mol. The average Bonchev–Trinajstić information content (AvgIpc) is 2.64. The van der Waals surface area contributed by atoms with Crippen LogP contribution >= 0.6 is 12.4 Å². The molecule has 0 spiro atoms. The van der Waals surface area contributed by atoms with E-state index >= 15 is 0 Å². The monoisotopic (exact) mass is 426 g/mol. The minimum atomic E-state index is -3.35. The van der Waals surface area contributed by atoms with Gasteiger partial charge in [-0.25, -0.2) is 8.42 Å². The molecule has 0 aliphatic rings. The summed E-state index contributed by atoms with van der Waals surface area (Å²) in [5.74, 6) is 0.559. The highest BCUT2D eigenvalue weighted by Gasteiger charge is 2.19. The van der Waals surface area contributed by atoms with E-state index in [1.165, 1.54) is 0 Å². The minimum absolute atomic E-state index is 0. The van der Waals surface area contributed by atoms with Gasteiger partial charge in [0, 0.05) is 18.7 Å². The summed E-state index contributed by atoms with van der Waals surface area (Å²) >= 11 is 0. The Morgan fingerprint density at radius 1 is 1.14 bits per heavy atom. The number of nitrogens with two attached hydrogens (primary N) is 1. The van der Waals surface area contributed by atoms with E-state index < -0.39 is 15.9 Å². The molecule has 0 aliphatic carbocycles. The Hall–Kier alpha value is -2.09. The van der Waals surface area contributed by atoms with E-state index in [1.54, 1.807) is 43.5 Å². The Labute approximate surface area is 172 Å². The molecule has 0 saturated heterocycles. The summed E-state index contributed by atoms with van der Waals surface area (Å²) < 4.78 is 29.0. The van der Waals surface area contributed by atoms with Crippen LogP contribution in [0.25, 0.3) is 0 Å². The lowest BCUT2D eigenvalue weighted by Gasteiger charge is -2.21. The number of hydrogen-bond acceptors (Lipinski definition) is 5. The fourth-order valence-corrected chi connectivity index (χ4v) is 3.35. The predicted octanol–water partition coefficient (Wildman–Crippen LogP) is 2.85. The number of rotatable bonds is 8. The summed E-state index contributed by atoms with van der Waals surface area (Å²) in [4.78, 5) is 12.6. The highest BCUT2D eigenvalue weighted by atomic mass is 35.5. The van der Waals surface area contributed by atoms with Gasteiger partial charge >= 0.3 is 0 Å². The van der Waals surface area contributed by atoms with Crippen LogP contribution in [0.2, 0.25) is 0 Å². The number of nitrogens with one attached hydrogen (secondary N) is 1. The van der Waals surface area contributed by atoms with Crippen molar-refractivity contribution in [2.24, 2.45) is 5.73 Å². The van der Waals surface area contributed by atoms with Crippen molar-refractivity contribution >= 4 is 28.2 Å². The molecule has 154 valence electrons. The van der Waals surface area contributed by atoms with Gasteiger partial charge in [-0.15, -0.1) is 12.4 Å². The summed E-state index contributed by atoms with van der Waals surface area (Å²) in [5, 5.41) is 2.99. The zero-order valence-corrected chi connectivity index (χ0v) is 17.8. The van der Waals surface area contributed by atoms with Gasteiger partial charge in [-0.3, -0.25) is 4.79 Å². The Morgan fingerprint density at radius 3 is 2.32 bits per heavy atom.